The first-order valence-electron chi connectivity index (χ1n) is 22.8. The van der Waals surface area contributed by atoms with Crippen LogP contribution in [0.5, 0.6) is 34.5 Å². The van der Waals surface area contributed by atoms with Crippen LogP contribution in [0.25, 0.3) is 20.9 Å². The minimum absolute atomic E-state index is 0.249. The molecular formula is C51H66N8O11. The zero-order valence-electron chi connectivity index (χ0n) is 41.3. The van der Waals surface area contributed by atoms with Crippen molar-refractivity contribution in [2.24, 2.45) is 10.2 Å². The molecule has 0 aromatic heterocycles. The Morgan fingerprint density at radius 2 is 1.03 bits per heavy atom. The van der Waals surface area contributed by atoms with Gasteiger partial charge in [0.2, 0.25) is 5.75 Å². The van der Waals surface area contributed by atoms with Crippen molar-refractivity contribution in [2.45, 2.75) is 45.2 Å². The molecule has 0 N–H and O–H groups in total. The zero-order valence-corrected chi connectivity index (χ0v) is 41.3. The van der Waals surface area contributed by atoms with Gasteiger partial charge in [0.25, 0.3) is 0 Å². The summed E-state index contributed by atoms with van der Waals surface area (Å²) in [6.07, 6.45) is 2.27. The van der Waals surface area contributed by atoms with Crippen LogP contribution in [0.15, 0.2) is 112 Å². The van der Waals surface area contributed by atoms with E-state index in [-0.39, 0.29) is 32.4 Å². The van der Waals surface area contributed by atoms with E-state index in [1.165, 1.54) is 0 Å². The molecular weight excluding hydrogens is 901 g/mol. The van der Waals surface area contributed by atoms with Crippen molar-refractivity contribution in [2.75, 3.05) is 109 Å². The first kappa shape index (κ1) is 54.1. The Labute approximate surface area is 410 Å². The second-order valence-corrected chi connectivity index (χ2v) is 16.0. The highest BCUT2D eigenvalue weighted by Gasteiger charge is 2.28. The van der Waals surface area contributed by atoms with E-state index in [0.717, 1.165) is 39.1 Å². The summed E-state index contributed by atoms with van der Waals surface area (Å²) in [7, 11) is 11.5. The van der Waals surface area contributed by atoms with Crippen molar-refractivity contribution < 1.29 is 52.1 Å². The number of benzene rings is 4. The molecule has 19 nitrogen and oxygen atoms in total. The SMILES string of the molecule is COC1=C(OCCOCCN=[N+]=[N-])[C@H](OC)CC(CN(Cc2ccc(CN(Cc3cccc(OC)c3)Cc3cc(OC)c(OCCOCCN=[N+]=[N-])c(OC)c3)cc2)Cc2cc(OC)cc(OC)c2)=C1. The summed E-state index contributed by atoms with van der Waals surface area (Å²) in [4.78, 5) is 10.2. The molecule has 0 unspecified atom stereocenters. The summed E-state index contributed by atoms with van der Waals surface area (Å²) in [6.45, 7) is 5.98. The predicted octanol–water partition coefficient (Wildman–Crippen LogP) is 9.19. The summed E-state index contributed by atoms with van der Waals surface area (Å²) >= 11 is 0. The number of hydrogen-bond donors (Lipinski definition) is 0. The molecule has 0 bridgehead atoms. The van der Waals surface area contributed by atoms with Crippen LogP contribution in [0, 0.1) is 0 Å². The number of allylic oxidation sites excluding steroid dienone is 1. The Balaban J connectivity index is 1.37. The van der Waals surface area contributed by atoms with Crippen LogP contribution in [0.2, 0.25) is 0 Å². The maximum Gasteiger partial charge on any atom is 0.203 e. The average molecular weight is 967 g/mol. The van der Waals surface area contributed by atoms with Gasteiger partial charge in [-0.05, 0) is 86.9 Å². The van der Waals surface area contributed by atoms with E-state index >= 15 is 0 Å². The Bertz CT molecular complexity index is 2360. The monoisotopic (exact) mass is 966 g/mol. The van der Waals surface area contributed by atoms with E-state index < -0.39 is 0 Å². The van der Waals surface area contributed by atoms with Crippen molar-refractivity contribution in [1.29, 1.82) is 0 Å². The van der Waals surface area contributed by atoms with Gasteiger partial charge in [-0.25, -0.2) is 0 Å². The van der Waals surface area contributed by atoms with Crippen LogP contribution in [-0.2, 0) is 56.4 Å². The Kier molecular flexibility index (Phi) is 23.1. The molecule has 1 atom stereocenters. The molecule has 1 aliphatic rings. The topological polar surface area (TPSA) is 206 Å². The fourth-order valence-electron chi connectivity index (χ4n) is 7.91. The van der Waals surface area contributed by atoms with Crippen LogP contribution in [-0.4, -0.2) is 125 Å². The molecule has 0 radical (unpaired) electrons. The minimum Gasteiger partial charge on any atom is -0.497 e. The number of ether oxygens (including phenoxy) is 11. The first-order chi connectivity index (χ1) is 34.3. The molecule has 0 aliphatic heterocycles. The molecule has 376 valence electrons. The molecule has 0 heterocycles. The third-order valence-corrected chi connectivity index (χ3v) is 11.1. The standard InChI is InChI=1S/C51H66N8O11/c1-60-43-10-8-9-39(23-43)33-58(35-41-26-46(63-4)50(47(27-41)64-5)69-21-19-67-17-15-54-56-52)31-37-11-13-38(14-12-37)32-59(34-40-24-44(61-2)30-45(25-40)62-3)36-42-28-48(65-6)51(49(29-42)66-7)70-22-20-68-18-16-55-57-53/h8-14,23-28,30,49H,15-22,29,31-36H2,1-7H3/t49-/m1/s1. The summed E-state index contributed by atoms with van der Waals surface area (Å²) in [6, 6.07) is 26.7. The number of azide groups is 2. The van der Waals surface area contributed by atoms with E-state index in [1.54, 1.807) is 49.8 Å². The second-order valence-electron chi connectivity index (χ2n) is 16.0. The molecule has 19 heteroatoms. The van der Waals surface area contributed by atoms with Crippen LogP contribution in [0.3, 0.4) is 0 Å². The fraction of sp³-hybridized carbons (Fsp3) is 0.451. The van der Waals surface area contributed by atoms with Gasteiger partial charge in [-0.2, -0.15) is 0 Å². The third-order valence-electron chi connectivity index (χ3n) is 11.1. The summed E-state index contributed by atoms with van der Waals surface area (Å²) in [5.74, 6) is 4.97. The zero-order chi connectivity index (χ0) is 49.9. The summed E-state index contributed by atoms with van der Waals surface area (Å²) < 4.78 is 63.5. The van der Waals surface area contributed by atoms with Crippen LogP contribution in [0.4, 0.5) is 0 Å². The molecule has 0 amide bonds. The van der Waals surface area contributed by atoms with Crippen molar-refractivity contribution in [3.63, 3.8) is 0 Å². The lowest BCUT2D eigenvalue weighted by molar-refractivity contribution is 0.0233. The van der Waals surface area contributed by atoms with Gasteiger partial charge in [-0.1, -0.05) is 46.6 Å². The van der Waals surface area contributed by atoms with E-state index in [9.17, 15) is 0 Å². The van der Waals surface area contributed by atoms with Gasteiger partial charge < -0.3 is 52.1 Å². The third kappa shape index (κ3) is 17.3. The molecule has 1 aliphatic carbocycles. The number of nitrogens with zero attached hydrogens (tertiary/aromatic N) is 8. The first-order valence-corrected chi connectivity index (χ1v) is 22.8. The van der Waals surface area contributed by atoms with Crippen molar-refractivity contribution >= 4 is 0 Å². The highest BCUT2D eigenvalue weighted by atomic mass is 16.6. The minimum atomic E-state index is -0.363. The van der Waals surface area contributed by atoms with Crippen molar-refractivity contribution in [1.82, 2.24) is 9.80 Å². The predicted molar refractivity (Wildman–Crippen MR) is 264 cm³/mol. The van der Waals surface area contributed by atoms with Gasteiger partial charge >= 0.3 is 0 Å². The molecule has 0 saturated carbocycles. The lowest BCUT2D eigenvalue weighted by atomic mass is 9.98. The van der Waals surface area contributed by atoms with Gasteiger partial charge in [0, 0.05) is 81.8 Å². The summed E-state index contributed by atoms with van der Waals surface area (Å²) in [5, 5.41) is 6.99. The molecule has 4 aromatic rings. The average Bonchev–Trinajstić information content (AvgIpc) is 3.38. The molecule has 0 spiro atoms. The lowest BCUT2D eigenvalue weighted by Crippen LogP contribution is -2.30. The van der Waals surface area contributed by atoms with Crippen LogP contribution in [0.1, 0.15) is 34.2 Å². The van der Waals surface area contributed by atoms with Crippen LogP contribution >= 0.6 is 0 Å². The fourth-order valence-corrected chi connectivity index (χ4v) is 7.91. The van der Waals surface area contributed by atoms with Gasteiger partial charge in [0.05, 0.1) is 69.1 Å². The van der Waals surface area contributed by atoms with Gasteiger partial charge in [0.15, 0.2) is 23.0 Å². The number of hydrogen-bond acceptors (Lipinski definition) is 15. The lowest BCUT2D eigenvalue weighted by Gasteiger charge is -2.30. The van der Waals surface area contributed by atoms with E-state index in [2.05, 4.69) is 66.2 Å². The Hall–Kier alpha value is -6.82. The number of rotatable bonds is 33. The Morgan fingerprint density at radius 3 is 1.56 bits per heavy atom. The normalized spacial score (nSPS) is 13.3. The smallest absolute Gasteiger partial charge is 0.203 e. The molecule has 70 heavy (non-hydrogen) atoms. The molecule has 5 rings (SSSR count). The molecule has 0 fully saturated rings. The number of methoxy groups -OCH3 is 7. The molecule has 0 saturated heterocycles. The summed E-state index contributed by atoms with van der Waals surface area (Å²) in [5.41, 5.74) is 23.5. The van der Waals surface area contributed by atoms with E-state index in [1.807, 2.05) is 48.5 Å². The molecule has 4 aromatic carbocycles. The largest absolute Gasteiger partial charge is 0.497 e. The van der Waals surface area contributed by atoms with E-state index in [0.29, 0.717) is 112 Å². The van der Waals surface area contributed by atoms with Crippen LogP contribution < -0.4 is 28.4 Å². The van der Waals surface area contributed by atoms with Crippen molar-refractivity contribution in [3.8, 4) is 34.5 Å². The highest BCUT2D eigenvalue weighted by Crippen LogP contribution is 2.39. The quantitative estimate of drug-likeness (QED) is 0.0189. The van der Waals surface area contributed by atoms with Crippen molar-refractivity contribution in [3.05, 3.63) is 151 Å². The Morgan fingerprint density at radius 1 is 0.514 bits per heavy atom. The van der Waals surface area contributed by atoms with Gasteiger partial charge in [-0.15, -0.1) is 0 Å². The van der Waals surface area contributed by atoms with Gasteiger partial charge in [0.1, 0.15) is 36.6 Å². The second kappa shape index (κ2) is 29.9. The maximum atomic E-state index is 8.51. The van der Waals surface area contributed by atoms with Gasteiger partial charge in [-0.3, -0.25) is 9.80 Å². The highest BCUT2D eigenvalue weighted by molar-refractivity contribution is 5.54. The maximum absolute atomic E-state index is 8.51. The van der Waals surface area contributed by atoms with E-state index in [4.69, 9.17) is 63.2 Å².